The Morgan fingerprint density at radius 1 is 1.12 bits per heavy atom. The summed E-state index contributed by atoms with van der Waals surface area (Å²) in [6.45, 7) is 0.437. The van der Waals surface area contributed by atoms with Crippen molar-refractivity contribution >= 4 is 28.3 Å². The third-order valence-electron chi connectivity index (χ3n) is 2.07. The summed E-state index contributed by atoms with van der Waals surface area (Å²) < 4.78 is 1.05. The van der Waals surface area contributed by atoms with Crippen molar-refractivity contribution in [3.8, 4) is 11.3 Å². The van der Waals surface area contributed by atoms with Gasteiger partial charge in [-0.2, -0.15) is 0 Å². The summed E-state index contributed by atoms with van der Waals surface area (Å²) in [5, 5.41) is 0. The highest BCUT2D eigenvalue weighted by atomic mass is 79.9. The Hall–Kier alpha value is -0.970. The van der Waals surface area contributed by atoms with Crippen molar-refractivity contribution in [2.45, 2.75) is 6.54 Å². The monoisotopic (exact) mass is 299 g/mol. The number of nitrogens with zero attached hydrogens (tertiary/aromatic N) is 2. The van der Waals surface area contributed by atoms with E-state index in [4.69, 9.17) is 5.73 Å². The van der Waals surface area contributed by atoms with Crippen LogP contribution in [0.1, 0.15) is 5.69 Å². The number of rotatable bonds is 2. The minimum absolute atomic E-state index is 0. The number of halogens is 2. The van der Waals surface area contributed by atoms with E-state index in [0.29, 0.717) is 6.54 Å². The first-order valence-corrected chi connectivity index (χ1v) is 5.36. The van der Waals surface area contributed by atoms with E-state index in [1.807, 2.05) is 30.3 Å². The molecule has 0 radical (unpaired) electrons. The molecule has 0 unspecified atom stereocenters. The summed E-state index contributed by atoms with van der Waals surface area (Å²) in [6, 6.07) is 9.89. The zero-order chi connectivity index (χ0) is 10.7. The second kappa shape index (κ2) is 5.94. The van der Waals surface area contributed by atoms with Crippen LogP contribution in [0.5, 0.6) is 0 Å². The van der Waals surface area contributed by atoms with Crippen molar-refractivity contribution in [3.05, 3.63) is 46.8 Å². The lowest BCUT2D eigenvalue weighted by atomic mass is 10.1. The van der Waals surface area contributed by atoms with Crippen molar-refractivity contribution in [1.82, 2.24) is 9.97 Å². The molecule has 0 bridgehead atoms. The molecular formula is C11H11BrClN3. The fraction of sp³-hybridized carbons (Fsp3) is 0.0909. The Morgan fingerprint density at radius 3 is 2.44 bits per heavy atom. The molecule has 0 fully saturated rings. The molecule has 5 heteroatoms. The molecule has 3 nitrogen and oxygen atoms in total. The first-order chi connectivity index (χ1) is 7.29. The van der Waals surface area contributed by atoms with E-state index in [1.165, 1.54) is 0 Å². The molecule has 16 heavy (non-hydrogen) atoms. The third-order valence-corrected chi connectivity index (χ3v) is 2.60. The van der Waals surface area contributed by atoms with Gasteiger partial charge in [-0.1, -0.05) is 28.1 Å². The normalized spacial score (nSPS) is 9.62. The lowest BCUT2D eigenvalue weighted by Crippen LogP contribution is -2.00. The van der Waals surface area contributed by atoms with Crippen LogP contribution < -0.4 is 5.73 Å². The smallest absolute Gasteiger partial charge is 0.116 e. The van der Waals surface area contributed by atoms with Crippen molar-refractivity contribution in [3.63, 3.8) is 0 Å². The Balaban J connectivity index is 0.00000128. The van der Waals surface area contributed by atoms with E-state index in [9.17, 15) is 0 Å². The molecule has 0 aliphatic heterocycles. The zero-order valence-corrected chi connectivity index (χ0v) is 10.8. The molecule has 0 saturated carbocycles. The standard InChI is InChI=1S/C11H10BrN3.ClH/c12-9-3-1-8(2-4-9)11-5-10(6-13)14-7-15-11;/h1-5,7H,6,13H2;1H. The van der Waals surface area contributed by atoms with Gasteiger partial charge in [-0.05, 0) is 18.2 Å². The minimum Gasteiger partial charge on any atom is -0.325 e. The molecule has 0 saturated heterocycles. The van der Waals surface area contributed by atoms with Gasteiger partial charge in [0.2, 0.25) is 0 Å². The fourth-order valence-electron chi connectivity index (χ4n) is 1.29. The molecule has 1 aromatic heterocycles. The summed E-state index contributed by atoms with van der Waals surface area (Å²) >= 11 is 3.39. The molecular weight excluding hydrogens is 289 g/mol. The summed E-state index contributed by atoms with van der Waals surface area (Å²) in [5.74, 6) is 0. The van der Waals surface area contributed by atoms with Crippen LogP contribution >= 0.6 is 28.3 Å². The number of aromatic nitrogens is 2. The van der Waals surface area contributed by atoms with E-state index in [-0.39, 0.29) is 12.4 Å². The van der Waals surface area contributed by atoms with Gasteiger partial charge in [0, 0.05) is 16.6 Å². The lowest BCUT2D eigenvalue weighted by Gasteiger charge is -2.02. The average Bonchev–Trinajstić information content (AvgIpc) is 2.30. The van der Waals surface area contributed by atoms with Gasteiger partial charge in [-0.15, -0.1) is 12.4 Å². The highest BCUT2D eigenvalue weighted by Crippen LogP contribution is 2.19. The number of hydrogen-bond donors (Lipinski definition) is 1. The van der Waals surface area contributed by atoms with Gasteiger partial charge in [-0.3, -0.25) is 0 Å². The van der Waals surface area contributed by atoms with Crippen molar-refractivity contribution in [2.75, 3.05) is 0 Å². The van der Waals surface area contributed by atoms with Crippen LogP contribution in [0.25, 0.3) is 11.3 Å². The fourth-order valence-corrected chi connectivity index (χ4v) is 1.55. The van der Waals surface area contributed by atoms with Gasteiger partial charge >= 0.3 is 0 Å². The minimum atomic E-state index is 0. The molecule has 1 aromatic carbocycles. The summed E-state index contributed by atoms with van der Waals surface area (Å²) in [7, 11) is 0. The molecule has 0 amide bonds. The van der Waals surface area contributed by atoms with E-state index < -0.39 is 0 Å². The number of benzene rings is 1. The molecule has 0 spiro atoms. The van der Waals surface area contributed by atoms with Gasteiger partial charge in [-0.25, -0.2) is 9.97 Å². The number of hydrogen-bond acceptors (Lipinski definition) is 3. The van der Waals surface area contributed by atoms with Crippen LogP contribution in [0.15, 0.2) is 41.1 Å². The summed E-state index contributed by atoms with van der Waals surface area (Å²) in [6.07, 6.45) is 1.54. The van der Waals surface area contributed by atoms with E-state index in [1.54, 1.807) is 6.33 Å². The SMILES string of the molecule is Cl.NCc1cc(-c2ccc(Br)cc2)ncn1. The van der Waals surface area contributed by atoms with Crippen LogP contribution in [-0.4, -0.2) is 9.97 Å². The van der Waals surface area contributed by atoms with Gasteiger partial charge in [0.15, 0.2) is 0 Å². The maximum Gasteiger partial charge on any atom is 0.116 e. The first-order valence-electron chi connectivity index (χ1n) is 4.56. The van der Waals surface area contributed by atoms with E-state index in [0.717, 1.165) is 21.4 Å². The zero-order valence-electron chi connectivity index (χ0n) is 8.43. The maximum atomic E-state index is 5.52. The number of nitrogens with two attached hydrogens (primary N) is 1. The highest BCUT2D eigenvalue weighted by molar-refractivity contribution is 9.10. The molecule has 84 valence electrons. The molecule has 2 N–H and O–H groups in total. The van der Waals surface area contributed by atoms with Gasteiger partial charge in [0.1, 0.15) is 6.33 Å². The Kier molecular flexibility index (Phi) is 4.86. The molecule has 0 atom stereocenters. The topological polar surface area (TPSA) is 51.8 Å². The van der Waals surface area contributed by atoms with E-state index >= 15 is 0 Å². The molecule has 0 aliphatic carbocycles. The maximum absolute atomic E-state index is 5.52. The molecule has 0 aliphatic rings. The third kappa shape index (κ3) is 3.01. The average molecular weight is 301 g/mol. The van der Waals surface area contributed by atoms with Crippen molar-refractivity contribution < 1.29 is 0 Å². The van der Waals surface area contributed by atoms with Crippen LogP contribution in [0.3, 0.4) is 0 Å². The predicted octanol–water partition coefficient (Wildman–Crippen LogP) is 2.79. The summed E-state index contributed by atoms with van der Waals surface area (Å²) in [4.78, 5) is 8.26. The van der Waals surface area contributed by atoms with Crippen LogP contribution in [0, 0.1) is 0 Å². The Bertz CT molecular complexity index is 459. The van der Waals surface area contributed by atoms with Crippen LogP contribution in [0.4, 0.5) is 0 Å². The van der Waals surface area contributed by atoms with Gasteiger partial charge in [0.25, 0.3) is 0 Å². The second-order valence-corrected chi connectivity index (χ2v) is 4.02. The highest BCUT2D eigenvalue weighted by Gasteiger charge is 2.00. The molecule has 2 rings (SSSR count). The van der Waals surface area contributed by atoms with Crippen LogP contribution in [0.2, 0.25) is 0 Å². The molecule has 1 heterocycles. The van der Waals surface area contributed by atoms with Gasteiger partial charge < -0.3 is 5.73 Å². The van der Waals surface area contributed by atoms with E-state index in [2.05, 4.69) is 25.9 Å². The Labute approximate surface area is 109 Å². The quantitative estimate of drug-likeness (QED) is 0.928. The second-order valence-electron chi connectivity index (χ2n) is 3.11. The Morgan fingerprint density at radius 2 is 1.81 bits per heavy atom. The lowest BCUT2D eigenvalue weighted by molar-refractivity contribution is 0.966. The first kappa shape index (κ1) is 13.1. The van der Waals surface area contributed by atoms with Crippen molar-refractivity contribution in [2.24, 2.45) is 5.73 Å². The van der Waals surface area contributed by atoms with Crippen molar-refractivity contribution in [1.29, 1.82) is 0 Å². The largest absolute Gasteiger partial charge is 0.325 e. The predicted molar refractivity (Wildman–Crippen MR) is 70.3 cm³/mol. The summed E-state index contributed by atoms with van der Waals surface area (Å²) in [5.41, 5.74) is 8.34. The van der Waals surface area contributed by atoms with Crippen LogP contribution in [-0.2, 0) is 6.54 Å². The molecule has 2 aromatic rings. The van der Waals surface area contributed by atoms with Gasteiger partial charge in [0.05, 0.1) is 11.4 Å².